The topological polar surface area (TPSA) is 92.7 Å². The van der Waals surface area contributed by atoms with E-state index in [9.17, 15) is 18.8 Å². The molecule has 0 atom stereocenters. The van der Waals surface area contributed by atoms with Crippen LogP contribution in [0.15, 0.2) is 29.3 Å². The Morgan fingerprint density at radius 1 is 1.19 bits per heavy atom. The Kier molecular flexibility index (Phi) is 5.18. The van der Waals surface area contributed by atoms with Gasteiger partial charge >= 0.3 is 11.9 Å². The van der Waals surface area contributed by atoms with Gasteiger partial charge in [-0.2, -0.15) is 0 Å². The summed E-state index contributed by atoms with van der Waals surface area (Å²) in [5.74, 6) is -3.45. The fraction of sp³-hybridized carbons (Fsp3) is 0.214. The number of carboxylic acid groups (broad SMARTS) is 1. The zero-order valence-electron chi connectivity index (χ0n) is 11.7. The van der Waals surface area contributed by atoms with Crippen LogP contribution in [0.2, 0.25) is 0 Å². The summed E-state index contributed by atoms with van der Waals surface area (Å²) in [5.41, 5.74) is -0.395. The van der Waals surface area contributed by atoms with Gasteiger partial charge in [-0.3, -0.25) is 4.79 Å². The van der Waals surface area contributed by atoms with Crippen LogP contribution in [0, 0.1) is 5.82 Å². The molecule has 0 radical (unpaired) electrons. The molecule has 112 valence electrons. The van der Waals surface area contributed by atoms with Crippen molar-refractivity contribution in [2.24, 2.45) is 0 Å². The number of methoxy groups -OCH3 is 1. The number of ether oxygens (including phenoxy) is 1. The zero-order valence-corrected chi connectivity index (χ0v) is 11.7. The van der Waals surface area contributed by atoms with Gasteiger partial charge in [-0.15, -0.1) is 0 Å². The van der Waals surface area contributed by atoms with Crippen LogP contribution in [0.1, 0.15) is 24.2 Å². The zero-order chi connectivity index (χ0) is 16.2. The summed E-state index contributed by atoms with van der Waals surface area (Å²) in [6, 6.07) is 3.33. The number of rotatable bonds is 4. The number of hydrogen-bond donors (Lipinski definition) is 2. The summed E-state index contributed by atoms with van der Waals surface area (Å²) >= 11 is 0. The van der Waals surface area contributed by atoms with Crippen LogP contribution in [-0.4, -0.2) is 30.1 Å². The predicted molar refractivity (Wildman–Crippen MR) is 72.4 cm³/mol. The highest BCUT2D eigenvalue weighted by Gasteiger charge is 2.16. The molecule has 0 saturated heterocycles. The molecule has 2 N–H and O–H groups in total. The quantitative estimate of drug-likeness (QED) is 0.654. The minimum atomic E-state index is -1.24. The van der Waals surface area contributed by atoms with E-state index in [1.807, 2.05) is 0 Å². The third-order valence-corrected chi connectivity index (χ3v) is 2.86. The number of esters is 1. The SMILES string of the molecule is COC(=O)c1ccc(F)c(NC(=O)C(C)=C(C)C(=O)O)c1. The van der Waals surface area contributed by atoms with Gasteiger partial charge in [0.05, 0.1) is 18.4 Å². The molecule has 6 nitrogen and oxygen atoms in total. The van der Waals surface area contributed by atoms with Crippen LogP contribution < -0.4 is 5.32 Å². The second-order valence-corrected chi connectivity index (χ2v) is 4.20. The highest BCUT2D eigenvalue weighted by Crippen LogP contribution is 2.18. The fourth-order valence-corrected chi connectivity index (χ4v) is 1.41. The number of hydrogen-bond acceptors (Lipinski definition) is 4. The van der Waals surface area contributed by atoms with Crippen LogP contribution >= 0.6 is 0 Å². The number of halogens is 1. The Balaban J connectivity index is 3.08. The van der Waals surface area contributed by atoms with Crippen LogP contribution in [0.5, 0.6) is 0 Å². The van der Waals surface area contributed by atoms with Gasteiger partial charge in [0.1, 0.15) is 5.82 Å². The molecular formula is C14H14FNO5. The highest BCUT2D eigenvalue weighted by atomic mass is 19.1. The van der Waals surface area contributed by atoms with Gasteiger partial charge in [-0.05, 0) is 32.0 Å². The monoisotopic (exact) mass is 295 g/mol. The molecule has 0 heterocycles. The van der Waals surface area contributed by atoms with Gasteiger partial charge in [-0.25, -0.2) is 14.0 Å². The summed E-state index contributed by atoms with van der Waals surface area (Å²) in [6.07, 6.45) is 0. The minimum Gasteiger partial charge on any atom is -0.478 e. The molecular weight excluding hydrogens is 281 g/mol. The Morgan fingerprint density at radius 2 is 1.81 bits per heavy atom. The molecule has 1 amide bonds. The van der Waals surface area contributed by atoms with Crippen molar-refractivity contribution in [3.8, 4) is 0 Å². The third-order valence-electron chi connectivity index (χ3n) is 2.86. The standard InChI is InChI=1S/C14H14FNO5/c1-7(8(2)13(18)19)12(17)16-11-6-9(14(20)21-3)4-5-10(11)15/h4-6H,1-3H3,(H,16,17)(H,18,19). The van der Waals surface area contributed by atoms with Gasteiger partial charge in [0.15, 0.2) is 0 Å². The molecule has 1 rings (SSSR count). The largest absolute Gasteiger partial charge is 0.478 e. The molecule has 0 unspecified atom stereocenters. The number of carbonyl (C=O) groups is 3. The first-order valence-corrected chi connectivity index (χ1v) is 5.88. The molecule has 0 aliphatic heterocycles. The smallest absolute Gasteiger partial charge is 0.337 e. The van der Waals surface area contributed by atoms with Crippen molar-refractivity contribution >= 4 is 23.5 Å². The lowest BCUT2D eigenvalue weighted by molar-refractivity contribution is -0.133. The Bertz CT molecular complexity index is 636. The molecule has 0 aliphatic carbocycles. The minimum absolute atomic E-state index is 0.0609. The number of nitrogens with one attached hydrogen (secondary N) is 1. The molecule has 21 heavy (non-hydrogen) atoms. The molecule has 7 heteroatoms. The van der Waals surface area contributed by atoms with E-state index in [-0.39, 0.29) is 22.4 Å². The number of aliphatic carboxylic acids is 1. The molecule has 0 saturated carbocycles. The van der Waals surface area contributed by atoms with Crippen LogP contribution in [-0.2, 0) is 14.3 Å². The molecule has 0 fully saturated rings. The van der Waals surface area contributed by atoms with Crippen molar-refractivity contribution in [1.29, 1.82) is 0 Å². The first kappa shape index (κ1) is 16.4. The van der Waals surface area contributed by atoms with E-state index < -0.39 is 23.7 Å². The van der Waals surface area contributed by atoms with Crippen LogP contribution in [0.4, 0.5) is 10.1 Å². The molecule has 0 aromatic heterocycles. The molecule has 1 aromatic carbocycles. The van der Waals surface area contributed by atoms with E-state index in [0.29, 0.717) is 0 Å². The molecule has 0 bridgehead atoms. The van der Waals surface area contributed by atoms with Crippen molar-refractivity contribution in [3.05, 3.63) is 40.7 Å². The first-order valence-electron chi connectivity index (χ1n) is 5.88. The van der Waals surface area contributed by atoms with E-state index in [0.717, 1.165) is 12.1 Å². The van der Waals surface area contributed by atoms with Crippen LogP contribution in [0.25, 0.3) is 0 Å². The number of benzene rings is 1. The third kappa shape index (κ3) is 3.88. The van der Waals surface area contributed by atoms with E-state index in [4.69, 9.17) is 5.11 Å². The summed E-state index contributed by atoms with van der Waals surface area (Å²) in [4.78, 5) is 34.0. The fourth-order valence-electron chi connectivity index (χ4n) is 1.41. The molecule has 0 aliphatic rings. The lowest BCUT2D eigenvalue weighted by Gasteiger charge is -2.09. The van der Waals surface area contributed by atoms with Gasteiger partial charge < -0.3 is 15.2 Å². The van der Waals surface area contributed by atoms with Crippen molar-refractivity contribution < 1.29 is 28.6 Å². The second-order valence-electron chi connectivity index (χ2n) is 4.20. The van der Waals surface area contributed by atoms with E-state index in [2.05, 4.69) is 10.1 Å². The average Bonchev–Trinajstić information content (AvgIpc) is 2.46. The van der Waals surface area contributed by atoms with Crippen LogP contribution in [0.3, 0.4) is 0 Å². The van der Waals surface area contributed by atoms with Gasteiger partial charge in [0.2, 0.25) is 0 Å². The highest BCUT2D eigenvalue weighted by molar-refractivity contribution is 6.08. The van der Waals surface area contributed by atoms with E-state index >= 15 is 0 Å². The summed E-state index contributed by atoms with van der Waals surface area (Å²) in [7, 11) is 1.17. The number of carbonyl (C=O) groups excluding carboxylic acids is 2. The average molecular weight is 295 g/mol. The van der Waals surface area contributed by atoms with Crippen molar-refractivity contribution in [2.45, 2.75) is 13.8 Å². The van der Waals surface area contributed by atoms with Gasteiger partial charge in [0, 0.05) is 11.1 Å². The second kappa shape index (κ2) is 6.65. The van der Waals surface area contributed by atoms with Crippen molar-refractivity contribution in [1.82, 2.24) is 0 Å². The normalized spacial score (nSPS) is 11.4. The Hall–Kier alpha value is -2.70. The maximum atomic E-state index is 13.6. The van der Waals surface area contributed by atoms with Gasteiger partial charge in [0.25, 0.3) is 5.91 Å². The van der Waals surface area contributed by atoms with Gasteiger partial charge in [-0.1, -0.05) is 0 Å². The lowest BCUT2D eigenvalue weighted by atomic mass is 10.1. The van der Waals surface area contributed by atoms with E-state index in [1.165, 1.54) is 27.0 Å². The lowest BCUT2D eigenvalue weighted by Crippen LogP contribution is -2.17. The van der Waals surface area contributed by atoms with Crippen molar-refractivity contribution in [2.75, 3.05) is 12.4 Å². The summed E-state index contributed by atoms with van der Waals surface area (Å²) < 4.78 is 18.1. The summed E-state index contributed by atoms with van der Waals surface area (Å²) in [5, 5.41) is 11.0. The number of anilines is 1. The Morgan fingerprint density at radius 3 is 2.33 bits per heavy atom. The van der Waals surface area contributed by atoms with E-state index in [1.54, 1.807) is 0 Å². The first-order chi connectivity index (χ1) is 9.77. The molecule has 1 aromatic rings. The predicted octanol–water partition coefficient (Wildman–Crippen LogP) is 1.97. The molecule has 0 spiro atoms. The Labute approximate surface area is 120 Å². The maximum Gasteiger partial charge on any atom is 0.337 e. The maximum absolute atomic E-state index is 13.6. The van der Waals surface area contributed by atoms with Crippen molar-refractivity contribution in [3.63, 3.8) is 0 Å². The number of carboxylic acids is 1. The number of amides is 1. The summed E-state index contributed by atoms with van der Waals surface area (Å²) in [6.45, 7) is 2.57.